The van der Waals surface area contributed by atoms with Crippen molar-refractivity contribution in [1.29, 1.82) is 0 Å². The Bertz CT molecular complexity index is 874. The molecule has 6 nitrogen and oxygen atoms in total. The van der Waals surface area contributed by atoms with Crippen molar-refractivity contribution in [2.45, 2.75) is 17.9 Å². The van der Waals surface area contributed by atoms with Gasteiger partial charge in [-0.05, 0) is 36.1 Å². The zero-order chi connectivity index (χ0) is 18.7. The summed E-state index contributed by atoms with van der Waals surface area (Å²) in [6, 6.07) is 8.88. The quantitative estimate of drug-likeness (QED) is 0.746. The number of carbonyl (C=O) groups is 1. The van der Waals surface area contributed by atoms with Crippen molar-refractivity contribution in [3.63, 3.8) is 0 Å². The number of ether oxygens (including phenoxy) is 1. The van der Waals surface area contributed by atoms with Crippen LogP contribution in [0.3, 0.4) is 0 Å². The molecule has 0 saturated carbocycles. The van der Waals surface area contributed by atoms with Gasteiger partial charge in [-0.25, -0.2) is 8.42 Å². The Labute approximate surface area is 165 Å². The van der Waals surface area contributed by atoms with E-state index in [-0.39, 0.29) is 21.7 Å². The van der Waals surface area contributed by atoms with Gasteiger partial charge in [-0.15, -0.1) is 11.3 Å². The summed E-state index contributed by atoms with van der Waals surface area (Å²) in [4.78, 5) is 13.0. The molecule has 26 heavy (non-hydrogen) atoms. The number of carbonyl (C=O) groups excluding carboxylic acids is 1. The van der Waals surface area contributed by atoms with Crippen molar-refractivity contribution in [1.82, 2.24) is 9.62 Å². The molecule has 0 spiro atoms. The molecule has 1 saturated heterocycles. The third kappa shape index (κ3) is 4.17. The van der Waals surface area contributed by atoms with Gasteiger partial charge in [-0.2, -0.15) is 4.31 Å². The molecule has 1 aliphatic rings. The topological polar surface area (TPSA) is 75.7 Å². The van der Waals surface area contributed by atoms with Gasteiger partial charge in [0, 0.05) is 17.6 Å². The summed E-state index contributed by atoms with van der Waals surface area (Å²) in [6.45, 7) is 3.20. The van der Waals surface area contributed by atoms with Crippen LogP contribution in [-0.4, -0.2) is 44.9 Å². The Morgan fingerprint density at radius 1 is 1.23 bits per heavy atom. The van der Waals surface area contributed by atoms with Crippen molar-refractivity contribution in [2.75, 3.05) is 26.3 Å². The van der Waals surface area contributed by atoms with E-state index in [0.717, 1.165) is 21.4 Å². The van der Waals surface area contributed by atoms with Crippen LogP contribution < -0.4 is 5.32 Å². The first-order chi connectivity index (χ1) is 12.4. The maximum atomic E-state index is 12.9. The average molecular weight is 459 g/mol. The third-order valence-corrected chi connectivity index (χ3v) is 7.65. The first-order valence-corrected chi connectivity index (χ1v) is 11.2. The van der Waals surface area contributed by atoms with Crippen LogP contribution >= 0.6 is 27.3 Å². The molecule has 9 heteroatoms. The second-order valence-electron chi connectivity index (χ2n) is 5.88. The van der Waals surface area contributed by atoms with E-state index in [4.69, 9.17) is 4.74 Å². The van der Waals surface area contributed by atoms with Crippen LogP contribution in [0.2, 0.25) is 0 Å². The van der Waals surface area contributed by atoms with Gasteiger partial charge < -0.3 is 10.1 Å². The number of benzene rings is 1. The van der Waals surface area contributed by atoms with Gasteiger partial charge in [0.2, 0.25) is 10.0 Å². The molecule has 1 aliphatic heterocycles. The lowest BCUT2D eigenvalue weighted by molar-refractivity contribution is 0.0730. The third-order valence-electron chi connectivity index (χ3n) is 4.14. The number of halogens is 1. The van der Waals surface area contributed by atoms with Crippen molar-refractivity contribution >= 4 is 43.2 Å². The molecule has 0 radical (unpaired) electrons. The SMILES string of the molecule is CC(NC(=O)c1sccc1S(=O)(=O)N1CCOCC1)c1ccc(Br)cc1. The Morgan fingerprint density at radius 3 is 2.54 bits per heavy atom. The van der Waals surface area contributed by atoms with Crippen LogP contribution in [0.25, 0.3) is 0 Å². The molecule has 1 atom stereocenters. The molecule has 0 aliphatic carbocycles. The van der Waals surface area contributed by atoms with Gasteiger partial charge >= 0.3 is 0 Å². The summed E-state index contributed by atoms with van der Waals surface area (Å²) in [6.07, 6.45) is 0. The van der Waals surface area contributed by atoms with E-state index < -0.39 is 10.0 Å². The highest BCUT2D eigenvalue weighted by molar-refractivity contribution is 9.10. The van der Waals surface area contributed by atoms with Gasteiger partial charge in [-0.3, -0.25) is 4.79 Å². The van der Waals surface area contributed by atoms with Crippen LogP contribution in [0.4, 0.5) is 0 Å². The maximum absolute atomic E-state index is 12.9. The molecule has 140 valence electrons. The lowest BCUT2D eigenvalue weighted by atomic mass is 10.1. The van der Waals surface area contributed by atoms with Crippen molar-refractivity contribution < 1.29 is 17.9 Å². The fourth-order valence-electron chi connectivity index (χ4n) is 2.69. The number of hydrogen-bond donors (Lipinski definition) is 1. The van der Waals surface area contributed by atoms with E-state index in [1.165, 1.54) is 10.4 Å². The van der Waals surface area contributed by atoms with Crippen LogP contribution in [0.15, 0.2) is 45.1 Å². The van der Waals surface area contributed by atoms with Crippen molar-refractivity contribution in [2.24, 2.45) is 0 Å². The van der Waals surface area contributed by atoms with Gasteiger partial charge in [0.25, 0.3) is 5.91 Å². The fourth-order valence-corrected chi connectivity index (χ4v) is 5.67. The molecule has 1 unspecified atom stereocenters. The molecule has 1 fully saturated rings. The summed E-state index contributed by atoms with van der Waals surface area (Å²) in [5.74, 6) is -0.387. The smallest absolute Gasteiger partial charge is 0.263 e. The first kappa shape index (κ1) is 19.5. The average Bonchev–Trinajstić information content (AvgIpc) is 3.14. The highest BCUT2D eigenvalue weighted by atomic mass is 79.9. The van der Waals surface area contributed by atoms with Gasteiger partial charge in [0.1, 0.15) is 9.77 Å². The van der Waals surface area contributed by atoms with E-state index >= 15 is 0 Å². The highest BCUT2D eigenvalue weighted by Gasteiger charge is 2.31. The van der Waals surface area contributed by atoms with Crippen LogP contribution in [0, 0.1) is 0 Å². The summed E-state index contributed by atoms with van der Waals surface area (Å²) in [5, 5.41) is 4.51. The number of hydrogen-bond acceptors (Lipinski definition) is 5. The molecular weight excluding hydrogens is 440 g/mol. The van der Waals surface area contributed by atoms with Crippen molar-refractivity contribution in [3.05, 3.63) is 50.6 Å². The van der Waals surface area contributed by atoms with E-state index in [2.05, 4.69) is 21.2 Å². The van der Waals surface area contributed by atoms with Crippen molar-refractivity contribution in [3.8, 4) is 0 Å². The van der Waals surface area contributed by atoms with E-state index in [1.807, 2.05) is 31.2 Å². The number of morpholine rings is 1. The summed E-state index contributed by atoms with van der Waals surface area (Å²) >= 11 is 4.51. The number of nitrogens with zero attached hydrogens (tertiary/aromatic N) is 1. The highest BCUT2D eigenvalue weighted by Crippen LogP contribution is 2.27. The zero-order valence-electron chi connectivity index (χ0n) is 14.1. The molecule has 1 amide bonds. The number of sulfonamides is 1. The lowest BCUT2D eigenvalue weighted by Gasteiger charge is -2.26. The maximum Gasteiger partial charge on any atom is 0.263 e. The van der Waals surface area contributed by atoms with Gasteiger partial charge in [0.15, 0.2) is 0 Å². The second-order valence-corrected chi connectivity index (χ2v) is 9.62. The predicted molar refractivity (Wildman–Crippen MR) is 104 cm³/mol. The van der Waals surface area contributed by atoms with Crippen LogP contribution in [-0.2, 0) is 14.8 Å². The number of rotatable bonds is 5. The molecular formula is C17H19BrN2O4S2. The zero-order valence-corrected chi connectivity index (χ0v) is 17.4. The first-order valence-electron chi connectivity index (χ1n) is 8.11. The molecule has 2 aromatic rings. The minimum atomic E-state index is -3.70. The summed E-state index contributed by atoms with van der Waals surface area (Å²) in [5.41, 5.74) is 0.940. The van der Waals surface area contributed by atoms with E-state index in [9.17, 15) is 13.2 Å². The monoisotopic (exact) mass is 458 g/mol. The van der Waals surface area contributed by atoms with E-state index in [0.29, 0.717) is 26.3 Å². The Hall–Kier alpha value is -1.26. The number of thiophene rings is 1. The Morgan fingerprint density at radius 2 is 1.88 bits per heavy atom. The van der Waals surface area contributed by atoms with Crippen LogP contribution in [0.1, 0.15) is 28.2 Å². The van der Waals surface area contributed by atoms with Gasteiger partial charge in [-0.1, -0.05) is 28.1 Å². The Kier molecular flexibility index (Phi) is 6.13. The normalized spacial score (nSPS) is 17.0. The summed E-state index contributed by atoms with van der Waals surface area (Å²) < 4.78 is 33.3. The molecule has 0 bridgehead atoms. The van der Waals surface area contributed by atoms with Gasteiger partial charge in [0.05, 0.1) is 19.3 Å². The second kappa shape index (κ2) is 8.18. The molecule has 3 rings (SSSR count). The van der Waals surface area contributed by atoms with Crippen LogP contribution in [0.5, 0.6) is 0 Å². The number of nitrogens with one attached hydrogen (secondary N) is 1. The fraction of sp³-hybridized carbons (Fsp3) is 0.353. The standard InChI is InChI=1S/C17H19BrN2O4S2/c1-12(13-2-4-14(18)5-3-13)19-17(21)16-15(6-11-25-16)26(22,23)20-7-9-24-10-8-20/h2-6,11-12H,7-10H2,1H3,(H,19,21). The number of amides is 1. The summed E-state index contributed by atoms with van der Waals surface area (Å²) in [7, 11) is -3.70. The predicted octanol–water partition coefficient (Wildman–Crippen LogP) is 3.02. The lowest BCUT2D eigenvalue weighted by Crippen LogP contribution is -2.41. The minimum absolute atomic E-state index is 0.0601. The Balaban J connectivity index is 1.79. The molecule has 1 aromatic heterocycles. The molecule has 1 N–H and O–H groups in total. The largest absolute Gasteiger partial charge is 0.379 e. The van der Waals surface area contributed by atoms with E-state index in [1.54, 1.807) is 5.38 Å². The molecule has 1 aromatic carbocycles. The minimum Gasteiger partial charge on any atom is -0.379 e. The molecule has 2 heterocycles.